The van der Waals surface area contributed by atoms with Gasteiger partial charge in [-0.3, -0.25) is 0 Å². The number of hydrogen-bond acceptors (Lipinski definition) is 0. The van der Waals surface area contributed by atoms with Crippen molar-refractivity contribution in [3.63, 3.8) is 0 Å². The fourth-order valence-electron chi connectivity index (χ4n) is 0. The third-order valence-electron chi connectivity index (χ3n) is 0. The fraction of sp³-hybridized carbons (Fsp3) is 0. The molecule has 4 heavy (non-hydrogen) atoms. The second kappa shape index (κ2) is 19.2. The zero-order valence-electron chi connectivity index (χ0n) is 2.38. The van der Waals surface area contributed by atoms with Gasteiger partial charge in [0.15, 0.2) is 0 Å². The monoisotopic (exact) mass is 165 g/mol. The second-order valence-corrected chi connectivity index (χ2v) is 0. The summed E-state index contributed by atoms with van der Waals surface area (Å²) in [5.41, 5.74) is 0. The van der Waals surface area contributed by atoms with Crippen LogP contribution in [0, 0.1) is 0 Å². The van der Waals surface area contributed by atoms with Gasteiger partial charge >= 0.3 is 0 Å². The van der Waals surface area contributed by atoms with E-state index in [1.54, 1.807) is 0 Å². The summed E-state index contributed by atoms with van der Waals surface area (Å²) in [6, 6.07) is 0. The summed E-state index contributed by atoms with van der Waals surface area (Å²) in [5.74, 6) is 0. The van der Waals surface area contributed by atoms with Crippen LogP contribution in [0.15, 0.2) is 0 Å². The first kappa shape index (κ1) is 35.4. The third-order valence-corrected chi connectivity index (χ3v) is 0. The standard InChI is InChI=1S/As.B.Fe.Na. The summed E-state index contributed by atoms with van der Waals surface area (Å²) in [6.45, 7) is 0. The van der Waals surface area contributed by atoms with Crippen molar-refractivity contribution in [3.8, 4) is 0 Å². The Kier molecular flexibility index (Phi) is 170. The smallest absolute Gasteiger partial charge is 0 e. The molecule has 0 bridgehead atoms. The first-order valence-electron chi connectivity index (χ1n) is 0. The van der Waals surface area contributed by atoms with E-state index in [-0.39, 0.29) is 73.0 Å². The van der Waals surface area contributed by atoms with Crippen LogP contribution >= 0.6 is 0 Å². The molecule has 4 heteroatoms. The van der Waals surface area contributed by atoms with E-state index in [1.165, 1.54) is 0 Å². The van der Waals surface area contributed by atoms with E-state index in [1.807, 2.05) is 0 Å². The molecule has 0 aromatic heterocycles. The minimum atomic E-state index is 0. The fourth-order valence-corrected chi connectivity index (χ4v) is 0. The van der Waals surface area contributed by atoms with Gasteiger partial charge in [-0.05, 0) is 0 Å². The molecule has 0 aromatic rings. The summed E-state index contributed by atoms with van der Waals surface area (Å²) >= 11 is 0. The Balaban J connectivity index is 0. The Morgan fingerprint density at radius 3 is 1.00 bits per heavy atom. The molecule has 0 fully saturated rings. The van der Waals surface area contributed by atoms with Crippen molar-refractivity contribution < 1.29 is 17.1 Å². The van der Waals surface area contributed by atoms with Crippen LogP contribution in [0.2, 0.25) is 0 Å². The van der Waals surface area contributed by atoms with Gasteiger partial charge in [-0.15, -0.1) is 0 Å². The van der Waals surface area contributed by atoms with Crippen LogP contribution in [0.5, 0.6) is 0 Å². The van der Waals surface area contributed by atoms with Gasteiger partial charge in [-0.2, -0.15) is 0 Å². The largest absolute Gasteiger partial charge is 0 e. The molecule has 0 heterocycles. The minimum Gasteiger partial charge on any atom is 0 e. The van der Waals surface area contributed by atoms with E-state index in [0.717, 1.165) is 0 Å². The molecule has 7 radical (unpaired) electrons. The summed E-state index contributed by atoms with van der Waals surface area (Å²) in [4.78, 5) is 0. The average Bonchev–Trinajstić information content (AvgIpc) is 0. The quantitative estimate of drug-likeness (QED) is 0.397. The third kappa shape index (κ3) is 8.91. The van der Waals surface area contributed by atoms with Crippen LogP contribution < -0.4 is 0 Å². The molecular weight excluding hydrogens is 165 g/mol. The van der Waals surface area contributed by atoms with Crippen LogP contribution in [-0.4, -0.2) is 55.9 Å². The van der Waals surface area contributed by atoms with E-state index >= 15 is 0 Å². The minimum absolute atomic E-state index is 0. The summed E-state index contributed by atoms with van der Waals surface area (Å²) < 4.78 is 0. The number of rotatable bonds is 0. The first-order chi connectivity index (χ1) is 0. The van der Waals surface area contributed by atoms with Crippen molar-refractivity contribution >= 4 is 55.9 Å². The van der Waals surface area contributed by atoms with Crippen LogP contribution in [0.4, 0.5) is 0 Å². The van der Waals surface area contributed by atoms with Gasteiger partial charge in [0.05, 0.1) is 0 Å². The van der Waals surface area contributed by atoms with Crippen LogP contribution in [0.1, 0.15) is 0 Å². The Morgan fingerprint density at radius 2 is 1.00 bits per heavy atom. The van der Waals surface area contributed by atoms with Crippen LogP contribution in [0.3, 0.4) is 0 Å². The molecule has 0 nitrogen and oxygen atoms in total. The molecule has 0 rings (SSSR count). The van der Waals surface area contributed by atoms with E-state index in [0.29, 0.717) is 0 Å². The predicted octanol–water partition coefficient (Wildman–Crippen LogP) is -1.14. The second-order valence-electron chi connectivity index (χ2n) is 0. The van der Waals surface area contributed by atoms with Gasteiger partial charge in [0.2, 0.25) is 0 Å². The van der Waals surface area contributed by atoms with Gasteiger partial charge in [-0.1, -0.05) is 0 Å². The molecule has 0 saturated carbocycles. The van der Waals surface area contributed by atoms with Crippen molar-refractivity contribution in [2.45, 2.75) is 0 Å². The first-order valence-corrected chi connectivity index (χ1v) is 0. The van der Waals surface area contributed by atoms with Crippen molar-refractivity contribution in [1.82, 2.24) is 0 Å². The van der Waals surface area contributed by atoms with Crippen LogP contribution in [0.25, 0.3) is 0 Å². The van der Waals surface area contributed by atoms with Gasteiger partial charge in [0.25, 0.3) is 0 Å². The topological polar surface area (TPSA) is 0 Å². The molecular formula is AsBFeNa. The molecule has 0 unspecified atom stereocenters. The molecule has 0 aliphatic carbocycles. The molecule has 17 valence electrons. The van der Waals surface area contributed by atoms with E-state index < -0.39 is 0 Å². The van der Waals surface area contributed by atoms with Gasteiger partial charge < -0.3 is 0 Å². The van der Waals surface area contributed by atoms with Crippen LogP contribution in [-0.2, 0) is 17.1 Å². The van der Waals surface area contributed by atoms with Gasteiger partial charge in [-0.25, -0.2) is 0 Å². The molecule has 0 atom stereocenters. The average molecular weight is 165 g/mol. The molecule has 0 saturated heterocycles. The van der Waals surface area contributed by atoms with E-state index in [2.05, 4.69) is 0 Å². The molecule has 0 aliphatic rings. The SMILES string of the molecule is [As].[B].[Fe].[Na]. The Labute approximate surface area is 72.1 Å². The maximum Gasteiger partial charge on any atom is 0 e. The zero-order chi connectivity index (χ0) is 0. The van der Waals surface area contributed by atoms with Crippen molar-refractivity contribution in [2.75, 3.05) is 0 Å². The summed E-state index contributed by atoms with van der Waals surface area (Å²) in [7, 11) is 0. The molecule has 0 aromatic carbocycles. The zero-order valence-corrected chi connectivity index (χ0v) is 7.36. The Hall–Kier alpha value is 2.14. The molecule has 0 spiro atoms. The maximum absolute atomic E-state index is 0. The summed E-state index contributed by atoms with van der Waals surface area (Å²) in [6.07, 6.45) is 0. The van der Waals surface area contributed by atoms with Crippen molar-refractivity contribution in [3.05, 3.63) is 0 Å². The molecule has 0 N–H and O–H groups in total. The van der Waals surface area contributed by atoms with E-state index in [9.17, 15) is 0 Å². The maximum atomic E-state index is 0. The molecule has 0 amide bonds. The Morgan fingerprint density at radius 1 is 1.00 bits per heavy atom. The Bertz CT molecular complexity index is 8.00. The number of hydrogen-bond donors (Lipinski definition) is 0. The molecule has 0 aliphatic heterocycles. The van der Waals surface area contributed by atoms with E-state index in [4.69, 9.17) is 0 Å². The predicted molar refractivity (Wildman–Crippen MR) is 17.3 cm³/mol. The van der Waals surface area contributed by atoms with Gasteiger partial charge in [0.1, 0.15) is 0 Å². The summed E-state index contributed by atoms with van der Waals surface area (Å²) in [5, 5.41) is 0. The van der Waals surface area contributed by atoms with Gasteiger partial charge in [0, 0.05) is 73.0 Å². The van der Waals surface area contributed by atoms with Crippen molar-refractivity contribution in [1.29, 1.82) is 0 Å². The van der Waals surface area contributed by atoms with Crippen molar-refractivity contribution in [2.24, 2.45) is 0 Å². The normalized spacial score (nSPS) is 0.